The zero-order chi connectivity index (χ0) is 12.3. The Balaban J connectivity index is 1.83. The van der Waals surface area contributed by atoms with Crippen molar-refractivity contribution < 1.29 is 9.90 Å². The number of hydrogen-bond donors (Lipinski definition) is 3. The van der Waals surface area contributed by atoms with Crippen LogP contribution in [0.5, 0.6) is 0 Å². The van der Waals surface area contributed by atoms with Crippen LogP contribution < -0.4 is 11.1 Å². The summed E-state index contributed by atoms with van der Waals surface area (Å²) in [7, 11) is 0. The lowest BCUT2D eigenvalue weighted by molar-refractivity contribution is -0.144. The highest BCUT2D eigenvalue weighted by molar-refractivity contribution is 5.70. The third-order valence-electron chi connectivity index (χ3n) is 3.71. The zero-order valence-electron chi connectivity index (χ0n) is 10.3. The molecule has 1 aliphatic carbocycles. The molecule has 0 amide bonds. The van der Waals surface area contributed by atoms with Gasteiger partial charge in [-0.25, -0.2) is 0 Å². The number of nitrogens with one attached hydrogen (secondary N) is 1. The van der Waals surface area contributed by atoms with Crippen LogP contribution >= 0.6 is 0 Å². The Hall–Kier alpha value is -0.650. The van der Waals surface area contributed by atoms with Gasteiger partial charge in [0.25, 0.3) is 0 Å². The molecule has 0 aromatic rings. The summed E-state index contributed by atoms with van der Waals surface area (Å²) >= 11 is 0. The third-order valence-corrected chi connectivity index (χ3v) is 3.71. The first-order valence-electron chi connectivity index (χ1n) is 6.57. The Labute approximate surface area is 102 Å². The van der Waals surface area contributed by atoms with E-state index in [9.17, 15) is 4.79 Å². The Kier molecular flexibility index (Phi) is 4.36. The van der Waals surface area contributed by atoms with Crippen molar-refractivity contribution in [1.82, 2.24) is 10.2 Å². The highest BCUT2D eigenvalue weighted by Crippen LogP contribution is 2.28. The van der Waals surface area contributed by atoms with Gasteiger partial charge in [0.2, 0.25) is 0 Å². The van der Waals surface area contributed by atoms with Crippen LogP contribution in [0.3, 0.4) is 0 Å². The van der Waals surface area contributed by atoms with Gasteiger partial charge in [0.15, 0.2) is 0 Å². The third kappa shape index (κ3) is 3.94. The van der Waals surface area contributed by atoms with Gasteiger partial charge >= 0.3 is 5.97 Å². The van der Waals surface area contributed by atoms with Crippen LogP contribution in [0.15, 0.2) is 0 Å². The molecule has 1 saturated carbocycles. The summed E-state index contributed by atoms with van der Waals surface area (Å²) < 4.78 is 0. The number of aliphatic carboxylic acids is 1. The van der Waals surface area contributed by atoms with Gasteiger partial charge in [-0.2, -0.15) is 0 Å². The van der Waals surface area contributed by atoms with Crippen molar-refractivity contribution in [2.24, 2.45) is 17.6 Å². The SMILES string of the molecule is NCCN1CC(NCC2CC2)CC(C(=O)O)C1. The highest BCUT2D eigenvalue weighted by atomic mass is 16.4. The van der Waals surface area contributed by atoms with Crippen molar-refractivity contribution in [2.75, 3.05) is 32.7 Å². The van der Waals surface area contributed by atoms with Crippen molar-refractivity contribution in [3.63, 3.8) is 0 Å². The van der Waals surface area contributed by atoms with Crippen LogP contribution in [-0.2, 0) is 4.79 Å². The summed E-state index contributed by atoms with van der Waals surface area (Å²) in [5.41, 5.74) is 5.55. The molecule has 2 rings (SSSR count). The van der Waals surface area contributed by atoms with Gasteiger partial charge in [0, 0.05) is 32.2 Å². The Morgan fingerprint density at radius 1 is 1.41 bits per heavy atom. The molecule has 2 fully saturated rings. The van der Waals surface area contributed by atoms with Gasteiger partial charge in [0.1, 0.15) is 0 Å². The van der Waals surface area contributed by atoms with Crippen LogP contribution in [0.4, 0.5) is 0 Å². The molecule has 1 aliphatic heterocycles. The van der Waals surface area contributed by atoms with Gasteiger partial charge < -0.3 is 16.2 Å². The average Bonchev–Trinajstić information content (AvgIpc) is 3.10. The molecule has 2 unspecified atom stereocenters. The van der Waals surface area contributed by atoms with E-state index in [1.54, 1.807) is 0 Å². The van der Waals surface area contributed by atoms with Crippen molar-refractivity contribution in [2.45, 2.75) is 25.3 Å². The minimum Gasteiger partial charge on any atom is -0.481 e. The predicted molar refractivity (Wildman–Crippen MR) is 65.8 cm³/mol. The molecule has 0 bridgehead atoms. The van der Waals surface area contributed by atoms with E-state index in [1.807, 2.05) is 0 Å². The van der Waals surface area contributed by atoms with Crippen LogP contribution in [0.25, 0.3) is 0 Å². The number of nitrogens with zero attached hydrogens (tertiary/aromatic N) is 1. The van der Waals surface area contributed by atoms with Gasteiger partial charge in [-0.3, -0.25) is 9.69 Å². The second-order valence-electron chi connectivity index (χ2n) is 5.37. The number of likely N-dealkylation sites (tertiary alicyclic amines) is 1. The normalized spacial score (nSPS) is 30.4. The lowest BCUT2D eigenvalue weighted by Gasteiger charge is -2.36. The molecule has 17 heavy (non-hydrogen) atoms. The van der Waals surface area contributed by atoms with Crippen molar-refractivity contribution in [3.05, 3.63) is 0 Å². The number of hydrogen-bond acceptors (Lipinski definition) is 4. The lowest BCUT2D eigenvalue weighted by atomic mass is 9.94. The first-order valence-corrected chi connectivity index (χ1v) is 6.57. The smallest absolute Gasteiger partial charge is 0.307 e. The number of carboxylic acid groups (broad SMARTS) is 1. The zero-order valence-corrected chi connectivity index (χ0v) is 10.3. The molecule has 0 spiro atoms. The molecule has 98 valence electrons. The van der Waals surface area contributed by atoms with E-state index in [4.69, 9.17) is 10.8 Å². The maximum Gasteiger partial charge on any atom is 0.307 e. The van der Waals surface area contributed by atoms with E-state index in [0.29, 0.717) is 19.1 Å². The summed E-state index contributed by atoms with van der Waals surface area (Å²) in [6.07, 6.45) is 3.41. The average molecular weight is 241 g/mol. The van der Waals surface area contributed by atoms with Gasteiger partial charge in [-0.1, -0.05) is 0 Å². The fourth-order valence-electron chi connectivity index (χ4n) is 2.54. The second-order valence-corrected chi connectivity index (χ2v) is 5.37. The van der Waals surface area contributed by atoms with E-state index < -0.39 is 5.97 Å². The van der Waals surface area contributed by atoms with Crippen molar-refractivity contribution >= 4 is 5.97 Å². The molecule has 2 atom stereocenters. The maximum absolute atomic E-state index is 11.1. The molecule has 5 nitrogen and oxygen atoms in total. The fraction of sp³-hybridized carbons (Fsp3) is 0.917. The minimum atomic E-state index is -0.676. The van der Waals surface area contributed by atoms with E-state index in [-0.39, 0.29) is 5.92 Å². The van der Waals surface area contributed by atoms with Crippen LogP contribution in [0.1, 0.15) is 19.3 Å². The molecular weight excluding hydrogens is 218 g/mol. The first-order chi connectivity index (χ1) is 8.19. The largest absolute Gasteiger partial charge is 0.481 e. The van der Waals surface area contributed by atoms with E-state index in [2.05, 4.69) is 10.2 Å². The Morgan fingerprint density at radius 3 is 2.76 bits per heavy atom. The first kappa shape index (κ1) is 12.8. The Morgan fingerprint density at radius 2 is 2.18 bits per heavy atom. The van der Waals surface area contributed by atoms with E-state index >= 15 is 0 Å². The minimum absolute atomic E-state index is 0.244. The summed E-state index contributed by atoms with van der Waals surface area (Å²) in [6.45, 7) is 4.03. The molecule has 4 N–H and O–H groups in total. The highest BCUT2D eigenvalue weighted by Gasteiger charge is 2.32. The number of carboxylic acids is 1. The van der Waals surface area contributed by atoms with Gasteiger partial charge in [-0.15, -0.1) is 0 Å². The van der Waals surface area contributed by atoms with Gasteiger partial charge in [-0.05, 0) is 31.7 Å². The number of rotatable bonds is 6. The maximum atomic E-state index is 11.1. The van der Waals surface area contributed by atoms with E-state index in [1.165, 1.54) is 12.8 Å². The Bertz CT molecular complexity index is 268. The summed E-state index contributed by atoms with van der Waals surface area (Å²) in [4.78, 5) is 13.3. The number of nitrogens with two attached hydrogens (primary N) is 1. The monoisotopic (exact) mass is 241 g/mol. The molecule has 2 aliphatic rings. The fourth-order valence-corrected chi connectivity index (χ4v) is 2.54. The molecule has 1 saturated heterocycles. The standard InChI is InChI=1S/C12H23N3O2/c13-3-4-15-7-10(12(16)17)5-11(8-15)14-6-9-1-2-9/h9-11,14H,1-8,13H2,(H,16,17). The summed E-state index contributed by atoms with van der Waals surface area (Å²) in [6, 6.07) is 0.317. The van der Waals surface area contributed by atoms with E-state index in [0.717, 1.165) is 32.0 Å². The molecule has 1 heterocycles. The lowest BCUT2D eigenvalue weighted by Crippen LogP contribution is -2.52. The van der Waals surface area contributed by atoms with Crippen molar-refractivity contribution in [3.8, 4) is 0 Å². The molecule has 0 aromatic carbocycles. The molecule has 0 aromatic heterocycles. The molecule has 5 heteroatoms. The summed E-state index contributed by atoms with van der Waals surface area (Å²) in [5.74, 6) is -0.0832. The molecule has 0 radical (unpaired) electrons. The van der Waals surface area contributed by atoms with Crippen molar-refractivity contribution in [1.29, 1.82) is 0 Å². The predicted octanol–water partition coefficient (Wildman–Crippen LogP) is -0.280. The van der Waals surface area contributed by atoms with Crippen LogP contribution in [0, 0.1) is 11.8 Å². The summed E-state index contributed by atoms with van der Waals surface area (Å²) in [5, 5.41) is 12.7. The second kappa shape index (κ2) is 5.80. The topological polar surface area (TPSA) is 78.6 Å². The quantitative estimate of drug-likeness (QED) is 0.596. The van der Waals surface area contributed by atoms with Crippen LogP contribution in [-0.4, -0.2) is 54.7 Å². The number of carbonyl (C=O) groups is 1. The van der Waals surface area contributed by atoms with Crippen LogP contribution in [0.2, 0.25) is 0 Å². The number of piperidine rings is 1. The molecular formula is C12H23N3O2. The van der Waals surface area contributed by atoms with Gasteiger partial charge in [0.05, 0.1) is 5.92 Å².